The Kier molecular flexibility index (Phi) is 35.6. The maximum atomic E-state index is 10.7. The number of hydrogen-bond acceptors (Lipinski definition) is 6. The Hall–Kier alpha value is -1.63. The first-order chi connectivity index (χ1) is 26.2. The largest absolute Gasteiger partial charge is 3.00 e. The average Bonchev–Trinajstić information content (AvgIpc) is 3.18. The fourth-order valence-electron chi connectivity index (χ4n) is 6.21. The number of hydrogen-bond donors (Lipinski definition) is 0. The number of aryl methyl sites for hydroxylation is 3. The standard InChI is InChI=1S/3C15H23O2P.Cr/c3*1-2-3-4-5-6-7-8-9-14-10-12-15(13-11-14)18(16)17;/h3*10-13H,2-9H2,1H3;/q;;;+3. The average molecular weight is 851 g/mol. The summed E-state index contributed by atoms with van der Waals surface area (Å²) in [5.74, 6) is 0. The zero-order chi connectivity index (χ0) is 39.7. The molecule has 0 bridgehead atoms. The molecule has 0 aliphatic carbocycles. The molecule has 3 aromatic rings. The molecule has 1 radical (unpaired) electrons. The van der Waals surface area contributed by atoms with Gasteiger partial charge in [-0.05, 0) is 91.6 Å². The second kappa shape index (κ2) is 36.7. The van der Waals surface area contributed by atoms with E-state index < -0.39 is 24.1 Å². The first kappa shape index (κ1) is 53.4. The Bertz CT molecular complexity index is 1220. The molecule has 0 aromatic heterocycles. The summed E-state index contributed by atoms with van der Waals surface area (Å²) in [6.07, 6.45) is 30.7. The molecular formula is C45H69CrO6P3+3. The van der Waals surface area contributed by atoms with Crippen LogP contribution in [0.1, 0.15) is 172 Å². The Morgan fingerprint density at radius 1 is 0.327 bits per heavy atom. The number of rotatable bonds is 27. The van der Waals surface area contributed by atoms with Crippen LogP contribution in [0.3, 0.4) is 0 Å². The van der Waals surface area contributed by atoms with Crippen LogP contribution in [0.2, 0.25) is 0 Å². The minimum atomic E-state index is -2.43. The quantitative estimate of drug-likeness (QED) is 0.0556. The molecule has 0 saturated heterocycles. The zero-order valence-electron chi connectivity index (χ0n) is 34.1. The molecule has 303 valence electrons. The van der Waals surface area contributed by atoms with E-state index in [1.165, 1.54) is 152 Å². The van der Waals surface area contributed by atoms with Crippen LogP contribution in [0, 0.1) is 0 Å². The number of benzene rings is 3. The van der Waals surface area contributed by atoms with Crippen LogP contribution in [0.25, 0.3) is 0 Å². The van der Waals surface area contributed by atoms with E-state index >= 15 is 0 Å². The molecule has 0 fully saturated rings. The van der Waals surface area contributed by atoms with E-state index in [4.69, 9.17) is 0 Å². The van der Waals surface area contributed by atoms with Gasteiger partial charge in [0.1, 0.15) is 0 Å². The van der Waals surface area contributed by atoms with E-state index in [1.807, 2.05) is 36.4 Å². The molecule has 6 nitrogen and oxygen atoms in total. The van der Waals surface area contributed by atoms with Crippen LogP contribution in [0.4, 0.5) is 0 Å². The Labute approximate surface area is 348 Å². The van der Waals surface area contributed by atoms with Gasteiger partial charge in [0, 0.05) is 0 Å². The van der Waals surface area contributed by atoms with Crippen molar-refractivity contribution in [1.82, 2.24) is 0 Å². The van der Waals surface area contributed by atoms with Crippen molar-refractivity contribution < 1.29 is 45.7 Å². The summed E-state index contributed by atoms with van der Waals surface area (Å²) in [7, 11) is -7.30. The molecule has 3 atom stereocenters. The maximum absolute atomic E-state index is 10.7. The maximum Gasteiger partial charge on any atom is 3.00 e. The SMILES string of the molecule is CCCCCCCCCc1ccc([P+](=O)[O-])cc1.CCCCCCCCCc1ccc([P+](=O)[O-])cc1.CCCCCCCCCc1ccc([P+](=O)[O-])cc1.[Cr+3]. The van der Waals surface area contributed by atoms with Crippen LogP contribution in [0.5, 0.6) is 0 Å². The van der Waals surface area contributed by atoms with E-state index in [1.54, 1.807) is 36.4 Å². The Morgan fingerprint density at radius 3 is 0.691 bits per heavy atom. The molecule has 0 N–H and O–H groups in total. The van der Waals surface area contributed by atoms with Crippen molar-refractivity contribution in [2.45, 2.75) is 175 Å². The van der Waals surface area contributed by atoms with Crippen LogP contribution in [-0.2, 0) is 50.3 Å². The molecule has 3 rings (SSSR count). The van der Waals surface area contributed by atoms with Crippen molar-refractivity contribution in [3.63, 3.8) is 0 Å². The zero-order valence-corrected chi connectivity index (χ0v) is 38.1. The van der Waals surface area contributed by atoms with Gasteiger partial charge >= 0.3 is 41.4 Å². The summed E-state index contributed by atoms with van der Waals surface area (Å²) in [5, 5.41) is 1.23. The van der Waals surface area contributed by atoms with Gasteiger partial charge in [-0.25, -0.2) is 0 Å². The van der Waals surface area contributed by atoms with E-state index in [9.17, 15) is 28.4 Å². The van der Waals surface area contributed by atoms with E-state index in [-0.39, 0.29) is 17.4 Å². The normalized spacial score (nSPS) is 11.3. The summed E-state index contributed by atoms with van der Waals surface area (Å²) >= 11 is 0. The predicted molar refractivity (Wildman–Crippen MR) is 226 cm³/mol. The summed E-state index contributed by atoms with van der Waals surface area (Å²) in [6, 6.07) is 21.7. The molecule has 0 spiro atoms. The van der Waals surface area contributed by atoms with Crippen molar-refractivity contribution in [1.29, 1.82) is 0 Å². The van der Waals surface area contributed by atoms with Gasteiger partial charge in [0.2, 0.25) is 0 Å². The molecular weight excluding hydrogens is 781 g/mol. The Morgan fingerprint density at radius 2 is 0.509 bits per heavy atom. The van der Waals surface area contributed by atoms with Crippen molar-refractivity contribution >= 4 is 40.0 Å². The molecule has 0 heterocycles. The summed E-state index contributed by atoms with van der Waals surface area (Å²) in [5.41, 5.74) is 3.72. The fraction of sp³-hybridized carbons (Fsp3) is 0.600. The third-order valence-corrected chi connectivity index (χ3v) is 11.8. The third-order valence-electron chi connectivity index (χ3n) is 9.65. The smallest absolute Gasteiger partial charge is 0.591 e. The van der Waals surface area contributed by atoms with E-state index in [0.717, 1.165) is 19.3 Å². The first-order valence-corrected chi connectivity index (χ1v) is 24.4. The molecule has 0 amide bonds. The first-order valence-electron chi connectivity index (χ1n) is 20.9. The molecule has 0 aliphatic heterocycles. The van der Waals surface area contributed by atoms with Gasteiger partial charge in [-0.1, -0.05) is 186 Å². The third kappa shape index (κ3) is 29.3. The van der Waals surface area contributed by atoms with Crippen molar-refractivity contribution in [2.24, 2.45) is 0 Å². The van der Waals surface area contributed by atoms with Gasteiger partial charge in [0.15, 0.2) is 15.9 Å². The van der Waals surface area contributed by atoms with Gasteiger partial charge in [-0.2, -0.15) is 0 Å². The summed E-state index contributed by atoms with van der Waals surface area (Å²) in [6.45, 7) is 6.71. The monoisotopic (exact) mass is 850 g/mol. The summed E-state index contributed by atoms with van der Waals surface area (Å²) in [4.78, 5) is 32.2. The predicted octanol–water partition coefficient (Wildman–Crippen LogP) is 11.1. The van der Waals surface area contributed by atoms with E-state index in [2.05, 4.69) is 20.8 Å². The van der Waals surface area contributed by atoms with Crippen molar-refractivity contribution in [3.05, 3.63) is 89.5 Å². The molecule has 0 aliphatic rings. The van der Waals surface area contributed by atoms with Crippen molar-refractivity contribution in [2.75, 3.05) is 0 Å². The summed E-state index contributed by atoms with van der Waals surface area (Å²) < 4.78 is 32.2. The number of unbranched alkanes of at least 4 members (excludes halogenated alkanes) is 18. The van der Waals surface area contributed by atoms with Crippen LogP contribution >= 0.6 is 24.1 Å². The molecule has 0 saturated carbocycles. The fourth-order valence-corrected chi connectivity index (χ4v) is 7.39. The van der Waals surface area contributed by atoms with Crippen molar-refractivity contribution in [3.8, 4) is 0 Å². The molecule has 10 heteroatoms. The van der Waals surface area contributed by atoms with Crippen LogP contribution < -0.4 is 30.6 Å². The van der Waals surface area contributed by atoms with Gasteiger partial charge < -0.3 is 14.7 Å². The minimum absolute atomic E-state index is 0. The van der Waals surface area contributed by atoms with Gasteiger partial charge in [0.25, 0.3) is 0 Å². The topological polar surface area (TPSA) is 120 Å². The van der Waals surface area contributed by atoms with Crippen LogP contribution in [-0.4, -0.2) is 0 Å². The van der Waals surface area contributed by atoms with Gasteiger partial charge in [-0.15, -0.1) is 0 Å². The van der Waals surface area contributed by atoms with Gasteiger partial charge in [0.05, 0.1) is 0 Å². The second-order valence-electron chi connectivity index (χ2n) is 14.4. The molecule has 3 aromatic carbocycles. The second-order valence-corrected chi connectivity index (χ2v) is 17.5. The van der Waals surface area contributed by atoms with Crippen LogP contribution in [0.15, 0.2) is 72.8 Å². The van der Waals surface area contributed by atoms with E-state index in [0.29, 0.717) is 15.9 Å². The molecule has 3 unspecified atom stereocenters. The molecule has 55 heavy (non-hydrogen) atoms. The van der Waals surface area contributed by atoms with Gasteiger partial charge in [-0.3, -0.25) is 0 Å². The Balaban J connectivity index is 0.000000788. The minimum Gasteiger partial charge on any atom is -0.591 e.